The van der Waals surface area contributed by atoms with E-state index in [1.165, 1.54) is 0 Å². The standard InChI is InChI=1S/C10H14N6/c1-3-11-4-2-7(1)15-10-12-5-8-9(16-10)14-6-13-8/h5-7,11H,1-4H2,(H2,12,13,14,15,16). The number of hydrogen-bond acceptors (Lipinski definition) is 5. The van der Waals surface area contributed by atoms with Gasteiger partial charge >= 0.3 is 0 Å². The number of nitrogens with zero attached hydrogens (tertiary/aromatic N) is 3. The molecular formula is C10H14N6. The Kier molecular flexibility index (Phi) is 2.41. The van der Waals surface area contributed by atoms with Gasteiger partial charge in [-0.2, -0.15) is 4.98 Å². The number of hydrogen-bond donors (Lipinski definition) is 3. The maximum atomic E-state index is 4.37. The second-order valence-corrected chi connectivity index (χ2v) is 4.00. The summed E-state index contributed by atoms with van der Waals surface area (Å²) in [6.45, 7) is 2.12. The smallest absolute Gasteiger partial charge is 0.224 e. The summed E-state index contributed by atoms with van der Waals surface area (Å²) in [6, 6.07) is 0.474. The van der Waals surface area contributed by atoms with Crippen LogP contribution in [0.3, 0.4) is 0 Å². The van der Waals surface area contributed by atoms with Crippen LogP contribution in [0, 0.1) is 0 Å². The van der Waals surface area contributed by atoms with Gasteiger partial charge in [-0.1, -0.05) is 0 Å². The van der Waals surface area contributed by atoms with Crippen molar-refractivity contribution in [1.82, 2.24) is 25.3 Å². The number of H-pyrrole nitrogens is 1. The number of aromatic nitrogens is 4. The van der Waals surface area contributed by atoms with Gasteiger partial charge < -0.3 is 15.6 Å². The number of piperidine rings is 1. The molecule has 3 heterocycles. The molecule has 6 nitrogen and oxygen atoms in total. The Morgan fingerprint density at radius 2 is 2.12 bits per heavy atom. The average molecular weight is 218 g/mol. The number of imidazole rings is 1. The van der Waals surface area contributed by atoms with Crippen LogP contribution < -0.4 is 10.6 Å². The van der Waals surface area contributed by atoms with Crippen molar-refractivity contribution in [1.29, 1.82) is 0 Å². The summed E-state index contributed by atoms with van der Waals surface area (Å²) in [5, 5.41) is 6.68. The average Bonchev–Trinajstić information content (AvgIpc) is 2.77. The number of nitrogens with one attached hydrogen (secondary N) is 3. The third-order valence-corrected chi connectivity index (χ3v) is 2.85. The van der Waals surface area contributed by atoms with Crippen molar-refractivity contribution in [2.75, 3.05) is 18.4 Å². The predicted octanol–water partition coefficient (Wildman–Crippen LogP) is 0.517. The van der Waals surface area contributed by atoms with Gasteiger partial charge in [-0.05, 0) is 25.9 Å². The summed E-state index contributed by atoms with van der Waals surface area (Å²) in [5.74, 6) is 0.684. The Morgan fingerprint density at radius 3 is 3.00 bits per heavy atom. The molecule has 0 spiro atoms. The SMILES string of the molecule is c1nc2cnc(NC3CCNCC3)nc2[nH]1. The molecule has 0 aliphatic carbocycles. The van der Waals surface area contributed by atoms with Crippen LogP contribution in [0.1, 0.15) is 12.8 Å². The van der Waals surface area contributed by atoms with E-state index in [-0.39, 0.29) is 0 Å². The van der Waals surface area contributed by atoms with Crippen LogP contribution in [0.15, 0.2) is 12.5 Å². The van der Waals surface area contributed by atoms with Crippen LogP contribution in [-0.4, -0.2) is 39.1 Å². The van der Waals surface area contributed by atoms with Crippen LogP contribution in [0.5, 0.6) is 0 Å². The normalized spacial score (nSPS) is 17.8. The van der Waals surface area contributed by atoms with Gasteiger partial charge in [-0.3, -0.25) is 0 Å². The molecule has 6 heteroatoms. The van der Waals surface area contributed by atoms with Crippen molar-refractivity contribution in [3.63, 3.8) is 0 Å². The van der Waals surface area contributed by atoms with E-state index in [0.717, 1.165) is 37.1 Å². The van der Waals surface area contributed by atoms with E-state index >= 15 is 0 Å². The lowest BCUT2D eigenvalue weighted by Crippen LogP contribution is -2.35. The molecule has 0 bridgehead atoms. The second kappa shape index (κ2) is 4.05. The van der Waals surface area contributed by atoms with Crippen LogP contribution in [0.2, 0.25) is 0 Å². The van der Waals surface area contributed by atoms with Gasteiger partial charge in [0.15, 0.2) is 5.65 Å². The quantitative estimate of drug-likeness (QED) is 0.684. The highest BCUT2D eigenvalue weighted by Crippen LogP contribution is 2.11. The summed E-state index contributed by atoms with van der Waals surface area (Å²) < 4.78 is 0. The zero-order chi connectivity index (χ0) is 10.8. The largest absolute Gasteiger partial charge is 0.351 e. The van der Waals surface area contributed by atoms with Crippen LogP contribution in [0.4, 0.5) is 5.95 Å². The monoisotopic (exact) mass is 218 g/mol. The summed E-state index contributed by atoms with van der Waals surface area (Å²) in [5.41, 5.74) is 1.59. The Morgan fingerprint density at radius 1 is 1.25 bits per heavy atom. The molecular weight excluding hydrogens is 204 g/mol. The van der Waals surface area contributed by atoms with E-state index in [9.17, 15) is 0 Å². The summed E-state index contributed by atoms with van der Waals surface area (Å²) >= 11 is 0. The Balaban J connectivity index is 1.77. The van der Waals surface area contributed by atoms with Crippen molar-refractivity contribution in [3.05, 3.63) is 12.5 Å². The molecule has 1 aliphatic rings. The molecule has 0 amide bonds. The Bertz CT molecular complexity index is 473. The lowest BCUT2D eigenvalue weighted by atomic mass is 10.1. The highest BCUT2D eigenvalue weighted by atomic mass is 15.1. The fourth-order valence-corrected chi connectivity index (χ4v) is 1.96. The molecule has 0 unspecified atom stereocenters. The first-order chi connectivity index (χ1) is 7.92. The maximum Gasteiger partial charge on any atom is 0.224 e. The van der Waals surface area contributed by atoms with E-state index in [4.69, 9.17) is 0 Å². The molecule has 0 aromatic carbocycles. The summed E-state index contributed by atoms with van der Waals surface area (Å²) in [6.07, 6.45) is 5.60. The molecule has 3 rings (SSSR count). The van der Waals surface area contributed by atoms with Gasteiger partial charge in [0.25, 0.3) is 0 Å². The van der Waals surface area contributed by atoms with E-state index in [2.05, 4.69) is 30.6 Å². The zero-order valence-electron chi connectivity index (χ0n) is 8.90. The van der Waals surface area contributed by atoms with Gasteiger partial charge in [0, 0.05) is 6.04 Å². The first kappa shape index (κ1) is 9.53. The topological polar surface area (TPSA) is 78.5 Å². The fourth-order valence-electron chi connectivity index (χ4n) is 1.96. The molecule has 0 radical (unpaired) electrons. The van der Waals surface area contributed by atoms with Crippen LogP contribution in [0.25, 0.3) is 11.2 Å². The molecule has 84 valence electrons. The molecule has 16 heavy (non-hydrogen) atoms. The minimum absolute atomic E-state index is 0.474. The summed E-state index contributed by atoms with van der Waals surface area (Å²) in [4.78, 5) is 15.7. The number of anilines is 1. The van der Waals surface area contributed by atoms with Crippen molar-refractivity contribution in [3.8, 4) is 0 Å². The first-order valence-corrected chi connectivity index (χ1v) is 5.55. The predicted molar refractivity (Wildman–Crippen MR) is 61.2 cm³/mol. The van der Waals surface area contributed by atoms with E-state index in [1.807, 2.05) is 0 Å². The van der Waals surface area contributed by atoms with Crippen molar-refractivity contribution in [2.45, 2.75) is 18.9 Å². The van der Waals surface area contributed by atoms with Crippen molar-refractivity contribution >= 4 is 17.1 Å². The number of aromatic amines is 1. The molecule has 3 N–H and O–H groups in total. The maximum absolute atomic E-state index is 4.37. The Labute approximate surface area is 92.9 Å². The lowest BCUT2D eigenvalue weighted by molar-refractivity contribution is 0.477. The van der Waals surface area contributed by atoms with Crippen molar-refractivity contribution < 1.29 is 0 Å². The van der Waals surface area contributed by atoms with E-state index < -0.39 is 0 Å². The molecule has 1 fully saturated rings. The molecule has 0 saturated carbocycles. The van der Waals surface area contributed by atoms with Gasteiger partial charge in [-0.15, -0.1) is 0 Å². The zero-order valence-corrected chi connectivity index (χ0v) is 8.90. The van der Waals surface area contributed by atoms with Gasteiger partial charge in [0.1, 0.15) is 5.52 Å². The molecule has 0 atom stereocenters. The number of rotatable bonds is 2. The van der Waals surface area contributed by atoms with E-state index in [1.54, 1.807) is 12.5 Å². The van der Waals surface area contributed by atoms with Gasteiger partial charge in [-0.25, -0.2) is 9.97 Å². The third kappa shape index (κ3) is 1.83. The minimum atomic E-state index is 0.474. The highest BCUT2D eigenvalue weighted by Gasteiger charge is 2.13. The third-order valence-electron chi connectivity index (χ3n) is 2.85. The molecule has 2 aromatic heterocycles. The lowest BCUT2D eigenvalue weighted by Gasteiger charge is -2.23. The molecule has 1 saturated heterocycles. The minimum Gasteiger partial charge on any atom is -0.351 e. The van der Waals surface area contributed by atoms with Gasteiger partial charge in [0.05, 0.1) is 12.5 Å². The van der Waals surface area contributed by atoms with Gasteiger partial charge in [0.2, 0.25) is 5.95 Å². The second-order valence-electron chi connectivity index (χ2n) is 4.00. The Hall–Kier alpha value is -1.69. The fraction of sp³-hybridized carbons (Fsp3) is 0.500. The number of fused-ring (bicyclic) bond motifs is 1. The first-order valence-electron chi connectivity index (χ1n) is 5.55. The molecule has 1 aliphatic heterocycles. The summed E-state index contributed by atoms with van der Waals surface area (Å²) in [7, 11) is 0. The van der Waals surface area contributed by atoms with Crippen molar-refractivity contribution in [2.24, 2.45) is 0 Å². The highest BCUT2D eigenvalue weighted by molar-refractivity contribution is 5.69. The van der Waals surface area contributed by atoms with E-state index in [0.29, 0.717) is 12.0 Å². The van der Waals surface area contributed by atoms with Crippen LogP contribution in [-0.2, 0) is 0 Å². The molecule has 2 aromatic rings. The van der Waals surface area contributed by atoms with Crippen LogP contribution >= 0.6 is 0 Å².